The smallest absolute Gasteiger partial charge is 0.511 e. The van der Waals surface area contributed by atoms with Crippen LogP contribution < -0.4 is 4.65 Å². The van der Waals surface area contributed by atoms with E-state index in [4.69, 9.17) is 15.1 Å². The number of phenols is 1. The topological polar surface area (TPSA) is 131 Å². The summed E-state index contributed by atoms with van der Waals surface area (Å²) in [5.41, 5.74) is -13.8. The van der Waals surface area contributed by atoms with Crippen molar-refractivity contribution >= 4 is 14.6 Å². The number of benzene rings is 4. The van der Waals surface area contributed by atoms with Gasteiger partial charge in [0.2, 0.25) is 17.5 Å². The van der Waals surface area contributed by atoms with Crippen molar-refractivity contribution in [3.8, 4) is 44.9 Å². The lowest BCUT2D eigenvalue weighted by molar-refractivity contribution is 0.278. The van der Waals surface area contributed by atoms with Crippen molar-refractivity contribution in [1.29, 1.82) is 0 Å². The lowest BCUT2D eigenvalue weighted by Crippen LogP contribution is -2.21. The normalized spacial score (nSPS) is 11.0. The zero-order valence-electron chi connectivity index (χ0n) is 22.0. The number of aromatic hydroxyl groups is 1. The molecule has 0 atom stereocenters. The lowest BCUT2D eigenvalue weighted by atomic mass is 9.86. The second-order valence-corrected chi connectivity index (χ2v) is 8.65. The Hall–Kier alpha value is -4.64. The summed E-state index contributed by atoms with van der Waals surface area (Å²) in [6, 6.07) is -0.310. The monoisotopic (exact) mass is 714 g/mol. The van der Waals surface area contributed by atoms with Gasteiger partial charge in [-0.05, 0) is 6.07 Å². The zero-order chi connectivity index (χ0) is 36.8. The van der Waals surface area contributed by atoms with E-state index in [9.17, 15) is 81.0 Å². The molecule has 0 aromatic heterocycles. The molecule has 6 N–H and O–H groups in total. The first kappa shape index (κ1) is 37.8. The highest BCUT2D eigenvalue weighted by molar-refractivity contribution is 6.34. The number of rotatable bonds is 5. The first-order chi connectivity index (χ1) is 22.1. The fourth-order valence-corrected chi connectivity index (χ4v) is 4.03. The van der Waals surface area contributed by atoms with Crippen LogP contribution >= 0.6 is 0 Å². The van der Waals surface area contributed by atoms with Crippen molar-refractivity contribution < 1.29 is 101 Å². The van der Waals surface area contributed by atoms with Crippen LogP contribution in [0.5, 0.6) is 11.5 Å². The predicted octanol–water partition coefficient (Wildman–Crippen LogP) is 4.78. The quantitative estimate of drug-likeness (QED) is 0.0761. The maximum atomic E-state index is 15.0. The van der Waals surface area contributed by atoms with Gasteiger partial charge in [-0.25, -0.2) is 65.9 Å². The third kappa shape index (κ3) is 6.31. The van der Waals surface area contributed by atoms with Gasteiger partial charge in [-0.2, -0.15) is 0 Å². The molecule has 0 bridgehead atoms. The van der Waals surface area contributed by atoms with E-state index in [1.165, 1.54) is 0 Å². The Morgan fingerprint density at radius 3 is 0.917 bits per heavy atom. The highest BCUT2D eigenvalue weighted by Crippen LogP contribution is 2.54. The molecule has 0 aliphatic rings. The van der Waals surface area contributed by atoms with Crippen molar-refractivity contribution in [1.82, 2.24) is 0 Å². The number of hydrogen-bond donors (Lipinski definition) is 6. The van der Waals surface area contributed by atoms with E-state index >= 15 is 0 Å². The van der Waals surface area contributed by atoms with Gasteiger partial charge >= 0.3 is 14.6 Å². The van der Waals surface area contributed by atoms with Crippen molar-refractivity contribution in [2.75, 3.05) is 0 Å². The van der Waals surface area contributed by atoms with Crippen molar-refractivity contribution in [2.24, 2.45) is 0 Å². The van der Waals surface area contributed by atoms with Crippen LogP contribution in [0.4, 0.5) is 65.9 Å². The molecule has 0 heterocycles. The number of hydrogen-bond acceptors (Lipinski definition) is 7. The molecular formula is C24H7B2F15O7. The van der Waals surface area contributed by atoms with E-state index in [2.05, 4.69) is 4.65 Å². The molecule has 0 fully saturated rings. The van der Waals surface area contributed by atoms with Gasteiger partial charge in [0.25, 0.3) is 0 Å². The van der Waals surface area contributed by atoms with Crippen LogP contribution in [0.2, 0.25) is 0 Å². The summed E-state index contributed by atoms with van der Waals surface area (Å²) in [5, 5.41) is 50.9. The SMILES string of the molecule is OB(O)O.OB(O)Oc1cc(-c2c(F)c(F)c(F)c(F)c2F)c(O)c(-c2c(F)c(F)c(F)c(F)c2F)c1-c1c(F)c(F)c(F)c(F)c1F. The summed E-state index contributed by atoms with van der Waals surface area (Å²) in [4.78, 5) is 0. The van der Waals surface area contributed by atoms with Crippen LogP contribution in [-0.4, -0.2) is 44.9 Å². The minimum absolute atomic E-state index is 0.310. The van der Waals surface area contributed by atoms with E-state index in [1.54, 1.807) is 0 Å². The standard InChI is InChI=1S/C24H4BF15O4.BH3O3/c26-9-4(10(27)16(33)21(38)15(9)32)2-1-3(44-25(42)43)5(7-11(28)17(34)22(39)18(35)12(7)29)6(24(2)41)8-13(30)19(36)23(40)20(37)14(8)31;2-1(3)4/h1,41-43H;2-4H. The largest absolute Gasteiger partial charge is 0.707 e. The van der Waals surface area contributed by atoms with E-state index in [-0.39, 0.29) is 6.07 Å². The van der Waals surface area contributed by atoms with Gasteiger partial charge < -0.3 is 34.9 Å². The van der Waals surface area contributed by atoms with Crippen LogP contribution in [0.1, 0.15) is 0 Å². The third-order valence-electron chi connectivity index (χ3n) is 5.89. The van der Waals surface area contributed by atoms with E-state index in [0.717, 1.165) is 0 Å². The Labute approximate surface area is 254 Å². The van der Waals surface area contributed by atoms with Gasteiger partial charge in [0.05, 0.1) is 16.7 Å². The molecule has 7 nitrogen and oxygen atoms in total. The summed E-state index contributed by atoms with van der Waals surface area (Å²) in [7, 11) is -5.51. The fraction of sp³-hybridized carbons (Fsp3) is 0. The molecule has 0 aliphatic carbocycles. The van der Waals surface area contributed by atoms with Crippen LogP contribution in [-0.2, 0) is 0 Å². The summed E-state index contributed by atoms with van der Waals surface area (Å²) in [5.74, 6) is -47.9. The van der Waals surface area contributed by atoms with E-state index in [0.29, 0.717) is 0 Å². The molecule has 24 heteroatoms. The van der Waals surface area contributed by atoms with Gasteiger partial charge in [-0.1, -0.05) is 0 Å². The predicted molar refractivity (Wildman–Crippen MR) is 127 cm³/mol. The average Bonchev–Trinajstić information content (AvgIpc) is 3.01. The van der Waals surface area contributed by atoms with Gasteiger partial charge in [-0.3, -0.25) is 0 Å². The molecule has 0 saturated heterocycles. The molecule has 4 aromatic rings. The number of halogens is 15. The minimum atomic E-state index is -3.34. The minimum Gasteiger partial charge on any atom is -0.511 e. The van der Waals surface area contributed by atoms with Gasteiger partial charge in [-0.15, -0.1) is 0 Å². The first-order valence-electron chi connectivity index (χ1n) is 11.6. The second kappa shape index (κ2) is 13.8. The average molecular weight is 714 g/mol. The molecule has 256 valence electrons. The van der Waals surface area contributed by atoms with Crippen LogP contribution in [0.3, 0.4) is 0 Å². The maximum absolute atomic E-state index is 15.0. The molecule has 4 aromatic carbocycles. The Kier molecular flexibility index (Phi) is 10.9. The molecule has 0 radical (unpaired) electrons. The Morgan fingerprint density at radius 1 is 0.375 bits per heavy atom. The zero-order valence-corrected chi connectivity index (χ0v) is 22.0. The highest BCUT2D eigenvalue weighted by Gasteiger charge is 2.39. The van der Waals surface area contributed by atoms with Gasteiger partial charge in [0.1, 0.15) is 11.5 Å². The van der Waals surface area contributed by atoms with Crippen molar-refractivity contribution in [3.05, 3.63) is 93.3 Å². The second-order valence-electron chi connectivity index (χ2n) is 8.65. The Morgan fingerprint density at radius 2 is 0.625 bits per heavy atom. The molecule has 48 heavy (non-hydrogen) atoms. The summed E-state index contributed by atoms with van der Waals surface area (Å²) in [6.07, 6.45) is 0. The Bertz CT molecular complexity index is 1870. The summed E-state index contributed by atoms with van der Waals surface area (Å²) >= 11 is 0. The summed E-state index contributed by atoms with van der Waals surface area (Å²) in [6.45, 7) is 0. The molecular weight excluding hydrogens is 707 g/mol. The Balaban J connectivity index is 0.00000148. The maximum Gasteiger partial charge on any atom is 0.707 e. The van der Waals surface area contributed by atoms with Crippen molar-refractivity contribution in [2.45, 2.75) is 0 Å². The summed E-state index contributed by atoms with van der Waals surface area (Å²) < 4.78 is 219. The lowest BCUT2D eigenvalue weighted by Gasteiger charge is -2.23. The van der Waals surface area contributed by atoms with E-state index < -0.39 is 147 Å². The van der Waals surface area contributed by atoms with Crippen molar-refractivity contribution in [3.63, 3.8) is 0 Å². The highest BCUT2D eigenvalue weighted by atomic mass is 19.2. The number of phenolic OH excluding ortho intramolecular Hbond substituents is 1. The van der Waals surface area contributed by atoms with Gasteiger partial charge in [0, 0.05) is 16.7 Å². The molecule has 4 rings (SSSR count). The fourth-order valence-electron chi connectivity index (χ4n) is 4.03. The molecule has 0 saturated carbocycles. The van der Waals surface area contributed by atoms with Crippen LogP contribution in [0.15, 0.2) is 6.07 Å². The molecule has 0 unspecified atom stereocenters. The third-order valence-corrected chi connectivity index (χ3v) is 5.89. The molecule has 0 spiro atoms. The van der Waals surface area contributed by atoms with Crippen LogP contribution in [0, 0.1) is 87.3 Å². The molecule has 0 aliphatic heterocycles. The molecule has 0 amide bonds. The van der Waals surface area contributed by atoms with Crippen LogP contribution in [0.25, 0.3) is 33.4 Å². The van der Waals surface area contributed by atoms with E-state index in [1.807, 2.05) is 0 Å². The first-order valence-corrected chi connectivity index (χ1v) is 11.6. The van der Waals surface area contributed by atoms with Gasteiger partial charge in [0.15, 0.2) is 69.8 Å².